The van der Waals surface area contributed by atoms with Gasteiger partial charge in [0.1, 0.15) is 0 Å². The van der Waals surface area contributed by atoms with Crippen molar-refractivity contribution in [2.24, 2.45) is 0 Å². The summed E-state index contributed by atoms with van der Waals surface area (Å²) in [4.78, 5) is 11.8. The molecule has 144 valence electrons. The zero-order valence-electron chi connectivity index (χ0n) is 16.6. The minimum Gasteiger partial charge on any atom is -0.354 e. The molecule has 3 N–H and O–H groups in total. The Kier molecular flexibility index (Phi) is 18.2. The van der Waals surface area contributed by atoms with E-state index in [1.54, 1.807) is 0 Å². The first-order valence-corrected chi connectivity index (χ1v) is 10.3. The highest BCUT2D eigenvalue weighted by molar-refractivity contribution is 5.76. The van der Waals surface area contributed by atoms with Crippen LogP contribution in [0, 0.1) is 0 Å². The summed E-state index contributed by atoms with van der Waals surface area (Å²) in [6.07, 6.45) is 15.3. The molecule has 0 aliphatic rings. The largest absolute Gasteiger partial charge is 0.354 e. The number of carbonyl (C=O) groups is 1. The fourth-order valence-corrected chi connectivity index (χ4v) is 2.90. The third-order valence-electron chi connectivity index (χ3n) is 4.48. The van der Waals surface area contributed by atoms with Gasteiger partial charge in [0.05, 0.1) is 0 Å². The van der Waals surface area contributed by atoms with E-state index in [0.29, 0.717) is 12.5 Å². The Bertz CT molecular complexity index is 272. The summed E-state index contributed by atoms with van der Waals surface area (Å²) in [6, 6.07) is 0.309. The van der Waals surface area contributed by atoms with E-state index in [4.69, 9.17) is 0 Å². The summed E-state index contributed by atoms with van der Waals surface area (Å²) in [5, 5.41) is 9.44. The second-order valence-electron chi connectivity index (χ2n) is 7.04. The molecule has 1 amide bonds. The van der Waals surface area contributed by atoms with E-state index in [2.05, 4.69) is 29.8 Å². The van der Waals surface area contributed by atoms with Gasteiger partial charge in [-0.25, -0.2) is 0 Å². The molecule has 0 aromatic heterocycles. The molecular formula is C20H43N3O. The predicted octanol–water partition coefficient (Wildman–Crippen LogP) is 4.00. The Labute approximate surface area is 150 Å². The van der Waals surface area contributed by atoms with Crippen LogP contribution in [0.5, 0.6) is 0 Å². The number of hydrogen-bond donors (Lipinski definition) is 3. The zero-order valence-corrected chi connectivity index (χ0v) is 16.6. The number of hydrogen-bond acceptors (Lipinski definition) is 3. The maximum Gasteiger partial charge on any atom is 0.221 e. The van der Waals surface area contributed by atoms with Gasteiger partial charge >= 0.3 is 0 Å². The van der Waals surface area contributed by atoms with Gasteiger partial charge in [0.15, 0.2) is 0 Å². The number of amides is 1. The molecule has 0 bridgehead atoms. The van der Waals surface area contributed by atoms with Gasteiger partial charge in [0.25, 0.3) is 0 Å². The van der Waals surface area contributed by atoms with Crippen molar-refractivity contribution in [1.82, 2.24) is 16.0 Å². The van der Waals surface area contributed by atoms with Crippen molar-refractivity contribution < 1.29 is 4.79 Å². The smallest absolute Gasteiger partial charge is 0.221 e. The average molecular weight is 342 g/mol. The van der Waals surface area contributed by atoms with E-state index >= 15 is 0 Å². The second-order valence-corrected chi connectivity index (χ2v) is 7.04. The standard InChI is InChI=1S/C20H43N3O/c1-4-5-6-7-8-9-10-11-12-13-14-19(2)23-20(24)15-16-22-18-17-21-3/h19,21-22H,4-18H2,1-3H3,(H,23,24). The number of unbranched alkanes of at least 4 members (excludes halogenated alkanes) is 9. The van der Waals surface area contributed by atoms with Crippen molar-refractivity contribution in [2.75, 3.05) is 26.7 Å². The van der Waals surface area contributed by atoms with Crippen LogP contribution < -0.4 is 16.0 Å². The number of carbonyl (C=O) groups excluding carboxylic acids is 1. The van der Waals surface area contributed by atoms with Gasteiger partial charge in [-0.1, -0.05) is 71.1 Å². The summed E-state index contributed by atoms with van der Waals surface area (Å²) in [6.45, 7) is 7.01. The summed E-state index contributed by atoms with van der Waals surface area (Å²) in [7, 11) is 1.93. The predicted molar refractivity (Wildman–Crippen MR) is 105 cm³/mol. The SMILES string of the molecule is CCCCCCCCCCCCC(C)NC(=O)CCNCCNC. The Balaban J connectivity index is 3.30. The van der Waals surface area contributed by atoms with Crippen LogP contribution in [-0.4, -0.2) is 38.6 Å². The van der Waals surface area contributed by atoms with Crippen molar-refractivity contribution in [3.63, 3.8) is 0 Å². The molecular weight excluding hydrogens is 298 g/mol. The maximum absolute atomic E-state index is 11.8. The van der Waals surface area contributed by atoms with E-state index in [-0.39, 0.29) is 5.91 Å². The molecule has 0 saturated carbocycles. The molecule has 0 spiro atoms. The van der Waals surface area contributed by atoms with Gasteiger partial charge in [-0.2, -0.15) is 0 Å². The first-order chi connectivity index (χ1) is 11.7. The second kappa shape index (κ2) is 18.7. The first kappa shape index (κ1) is 23.4. The number of nitrogens with one attached hydrogen (secondary N) is 3. The molecule has 0 radical (unpaired) electrons. The van der Waals surface area contributed by atoms with Crippen molar-refractivity contribution >= 4 is 5.91 Å². The van der Waals surface area contributed by atoms with Crippen LogP contribution in [0.25, 0.3) is 0 Å². The lowest BCUT2D eigenvalue weighted by molar-refractivity contribution is -0.121. The molecule has 24 heavy (non-hydrogen) atoms. The van der Waals surface area contributed by atoms with Crippen molar-refractivity contribution in [1.29, 1.82) is 0 Å². The Morgan fingerprint density at radius 3 is 2.00 bits per heavy atom. The quantitative estimate of drug-likeness (QED) is 0.330. The minimum absolute atomic E-state index is 0.173. The minimum atomic E-state index is 0.173. The van der Waals surface area contributed by atoms with Crippen LogP contribution in [-0.2, 0) is 4.79 Å². The molecule has 4 heteroatoms. The molecule has 0 aliphatic heterocycles. The van der Waals surface area contributed by atoms with E-state index in [0.717, 1.165) is 26.1 Å². The van der Waals surface area contributed by atoms with Gasteiger partial charge in [0.2, 0.25) is 5.91 Å². The van der Waals surface area contributed by atoms with Gasteiger partial charge < -0.3 is 16.0 Å². The molecule has 4 nitrogen and oxygen atoms in total. The summed E-state index contributed by atoms with van der Waals surface area (Å²) in [5.41, 5.74) is 0. The van der Waals surface area contributed by atoms with Crippen LogP contribution in [0.15, 0.2) is 0 Å². The topological polar surface area (TPSA) is 53.2 Å². The summed E-state index contributed by atoms with van der Waals surface area (Å²) in [5.74, 6) is 0.173. The summed E-state index contributed by atoms with van der Waals surface area (Å²) < 4.78 is 0. The lowest BCUT2D eigenvalue weighted by Crippen LogP contribution is -2.35. The van der Waals surface area contributed by atoms with E-state index in [1.807, 2.05) is 7.05 Å². The normalized spacial score (nSPS) is 12.3. The molecule has 0 aromatic carbocycles. The molecule has 0 heterocycles. The molecule has 1 atom stereocenters. The van der Waals surface area contributed by atoms with Gasteiger partial charge in [-0.3, -0.25) is 4.79 Å². The maximum atomic E-state index is 11.8. The highest BCUT2D eigenvalue weighted by Crippen LogP contribution is 2.11. The monoisotopic (exact) mass is 341 g/mol. The van der Waals surface area contributed by atoms with E-state index in [1.165, 1.54) is 64.2 Å². The molecule has 1 unspecified atom stereocenters. The molecule has 0 rings (SSSR count). The third kappa shape index (κ3) is 17.7. The van der Waals surface area contributed by atoms with Gasteiger partial charge in [-0.05, 0) is 20.4 Å². The number of likely N-dealkylation sites (N-methyl/N-ethyl adjacent to an activating group) is 1. The Morgan fingerprint density at radius 1 is 0.833 bits per heavy atom. The van der Waals surface area contributed by atoms with Crippen LogP contribution in [0.4, 0.5) is 0 Å². The van der Waals surface area contributed by atoms with Crippen LogP contribution in [0.1, 0.15) is 90.9 Å². The third-order valence-corrected chi connectivity index (χ3v) is 4.48. The number of rotatable bonds is 18. The van der Waals surface area contributed by atoms with Crippen molar-refractivity contribution in [3.8, 4) is 0 Å². The van der Waals surface area contributed by atoms with Crippen LogP contribution in [0.3, 0.4) is 0 Å². The highest BCUT2D eigenvalue weighted by atomic mass is 16.1. The van der Waals surface area contributed by atoms with Crippen molar-refractivity contribution in [3.05, 3.63) is 0 Å². The van der Waals surface area contributed by atoms with Crippen molar-refractivity contribution in [2.45, 2.75) is 96.9 Å². The van der Waals surface area contributed by atoms with Gasteiger partial charge in [0, 0.05) is 32.1 Å². The lowest BCUT2D eigenvalue weighted by Gasteiger charge is -2.14. The zero-order chi connectivity index (χ0) is 17.9. The van der Waals surface area contributed by atoms with Gasteiger partial charge in [-0.15, -0.1) is 0 Å². The van der Waals surface area contributed by atoms with E-state index in [9.17, 15) is 4.79 Å². The molecule has 0 aromatic rings. The lowest BCUT2D eigenvalue weighted by atomic mass is 10.0. The average Bonchev–Trinajstić information content (AvgIpc) is 2.56. The Hall–Kier alpha value is -0.610. The van der Waals surface area contributed by atoms with E-state index < -0.39 is 0 Å². The molecule has 0 fully saturated rings. The fourth-order valence-electron chi connectivity index (χ4n) is 2.90. The summed E-state index contributed by atoms with van der Waals surface area (Å²) >= 11 is 0. The van der Waals surface area contributed by atoms with Crippen LogP contribution >= 0.6 is 0 Å². The Morgan fingerprint density at radius 2 is 1.42 bits per heavy atom. The van der Waals surface area contributed by atoms with Crippen LogP contribution in [0.2, 0.25) is 0 Å². The molecule has 0 saturated heterocycles. The fraction of sp³-hybridized carbons (Fsp3) is 0.950. The highest BCUT2D eigenvalue weighted by Gasteiger charge is 2.06. The first-order valence-electron chi connectivity index (χ1n) is 10.3. The molecule has 0 aliphatic carbocycles.